The van der Waals surface area contributed by atoms with E-state index in [0.717, 1.165) is 18.4 Å². The number of piperidine rings is 1. The Bertz CT molecular complexity index is 729. The molecule has 1 fully saturated rings. The number of hydrogen-bond acceptors (Lipinski definition) is 3. The monoisotopic (exact) mass is 389 g/mol. The molecule has 0 spiro atoms. The molecule has 1 aromatic carbocycles. The Hall–Kier alpha value is -0.820. The quantitative estimate of drug-likeness (QED) is 0.813. The summed E-state index contributed by atoms with van der Waals surface area (Å²) in [6.45, 7) is 12.6. The van der Waals surface area contributed by atoms with Crippen LogP contribution in [0.1, 0.15) is 53.0 Å². The third-order valence-electron chi connectivity index (χ3n) is 4.46. The smallest absolute Gasteiger partial charge is 0.244 e. The van der Waals surface area contributed by atoms with Gasteiger partial charge >= 0.3 is 0 Å². The van der Waals surface area contributed by atoms with Crippen LogP contribution in [0.5, 0.6) is 5.75 Å². The van der Waals surface area contributed by atoms with E-state index in [2.05, 4.69) is 37.7 Å². The second-order valence-electron chi connectivity index (χ2n) is 8.33. The Morgan fingerprint density at radius 1 is 1.24 bits per heavy atom. The summed E-state index contributed by atoms with van der Waals surface area (Å²) in [4.78, 5) is 0.107. The molecule has 0 unspecified atom stereocenters. The first-order valence-corrected chi connectivity index (χ1v) is 10.5. The number of nitrogens with one attached hydrogen (secondary N) is 1. The number of benzene rings is 1. The summed E-state index contributed by atoms with van der Waals surface area (Å²) in [5.74, 6) is 0.345. The van der Waals surface area contributed by atoms with Crippen molar-refractivity contribution in [1.29, 1.82) is 0 Å². The second-order valence-corrected chi connectivity index (χ2v) is 10.4. The molecule has 0 amide bonds. The molecule has 3 N–H and O–H groups in total. The fraction of sp³-hybridized carbons (Fsp3) is 0.667. The molecule has 0 saturated carbocycles. The van der Waals surface area contributed by atoms with Crippen molar-refractivity contribution in [2.45, 2.75) is 76.4 Å². The van der Waals surface area contributed by atoms with Gasteiger partial charge in [0, 0.05) is 23.9 Å². The van der Waals surface area contributed by atoms with Crippen molar-refractivity contribution in [2.75, 3.05) is 6.61 Å². The van der Waals surface area contributed by atoms with Crippen molar-refractivity contribution in [3.8, 4) is 5.75 Å². The van der Waals surface area contributed by atoms with Gasteiger partial charge in [-0.05, 0) is 59.2 Å². The molecule has 25 heavy (non-hydrogen) atoms. The van der Waals surface area contributed by atoms with Gasteiger partial charge in [-0.1, -0.05) is 11.6 Å². The molecule has 0 bridgehead atoms. The molecule has 142 valence electrons. The van der Waals surface area contributed by atoms with Crippen LogP contribution in [0.15, 0.2) is 17.0 Å². The SMILES string of the molecule is CCOc1cc(C)c(Cl)cc1S(=O)(=O)NC1CC(C)(C)[NH2+]C(C)(C)C1. The Labute approximate surface area is 156 Å². The third kappa shape index (κ3) is 5.09. The summed E-state index contributed by atoms with van der Waals surface area (Å²) >= 11 is 6.17. The minimum atomic E-state index is -3.73. The van der Waals surface area contributed by atoms with Gasteiger partial charge in [0.15, 0.2) is 0 Å². The largest absolute Gasteiger partial charge is 0.492 e. The number of nitrogens with two attached hydrogens (primary N) is 1. The summed E-state index contributed by atoms with van der Waals surface area (Å²) < 4.78 is 34.5. The molecule has 1 aromatic rings. The first-order valence-electron chi connectivity index (χ1n) is 8.67. The molecule has 0 aliphatic carbocycles. The minimum Gasteiger partial charge on any atom is -0.492 e. The van der Waals surface area contributed by atoms with Crippen LogP contribution in [0, 0.1) is 6.92 Å². The highest BCUT2D eigenvalue weighted by Gasteiger charge is 2.43. The van der Waals surface area contributed by atoms with E-state index in [-0.39, 0.29) is 22.0 Å². The van der Waals surface area contributed by atoms with Crippen LogP contribution in [-0.4, -0.2) is 32.1 Å². The molecule has 0 aromatic heterocycles. The van der Waals surface area contributed by atoms with Crippen LogP contribution >= 0.6 is 11.6 Å². The molecule has 7 heteroatoms. The highest BCUT2D eigenvalue weighted by molar-refractivity contribution is 7.89. The zero-order chi connectivity index (χ0) is 19.0. The topological polar surface area (TPSA) is 72.0 Å². The summed E-state index contributed by atoms with van der Waals surface area (Å²) in [5, 5.41) is 2.74. The van der Waals surface area contributed by atoms with E-state index >= 15 is 0 Å². The number of halogens is 1. The number of quaternary nitrogens is 1. The van der Waals surface area contributed by atoms with Crippen LogP contribution in [0.25, 0.3) is 0 Å². The molecule has 5 nitrogen and oxygen atoms in total. The number of ether oxygens (including phenoxy) is 1. The van der Waals surface area contributed by atoms with Crippen LogP contribution < -0.4 is 14.8 Å². The lowest BCUT2D eigenvalue weighted by atomic mass is 9.80. The standard InChI is InChI=1S/C18H29ClN2O3S/c1-7-24-15-8-12(2)14(19)9-16(15)25(22,23)20-13-10-17(3,4)21-18(5,6)11-13/h8-9,13,20-21H,7,10-11H2,1-6H3/p+1. The number of hydrogen-bond donors (Lipinski definition) is 2. The van der Waals surface area contributed by atoms with Crippen molar-refractivity contribution >= 4 is 21.6 Å². The predicted octanol–water partition coefficient (Wildman–Crippen LogP) is 2.61. The van der Waals surface area contributed by atoms with E-state index < -0.39 is 10.0 Å². The lowest BCUT2D eigenvalue weighted by molar-refractivity contribution is -0.787. The third-order valence-corrected chi connectivity index (χ3v) is 6.41. The van der Waals surface area contributed by atoms with Gasteiger partial charge in [0.05, 0.1) is 17.7 Å². The molecule has 0 atom stereocenters. The highest BCUT2D eigenvalue weighted by atomic mass is 35.5. The first-order chi connectivity index (χ1) is 11.4. The van der Waals surface area contributed by atoms with Gasteiger partial charge in [0.25, 0.3) is 0 Å². The molecular formula is C18H30ClN2O3S+. The van der Waals surface area contributed by atoms with E-state index in [1.165, 1.54) is 6.07 Å². The number of aryl methyl sites for hydroxylation is 1. The Morgan fingerprint density at radius 2 is 1.80 bits per heavy atom. The average molecular weight is 390 g/mol. The zero-order valence-electron chi connectivity index (χ0n) is 15.9. The maximum Gasteiger partial charge on any atom is 0.244 e. The van der Waals surface area contributed by atoms with Crippen LogP contribution in [0.4, 0.5) is 0 Å². The lowest BCUT2D eigenvalue weighted by Gasteiger charge is -2.43. The first kappa shape index (κ1) is 20.5. The van der Waals surface area contributed by atoms with Crippen LogP contribution in [0.3, 0.4) is 0 Å². The predicted molar refractivity (Wildman–Crippen MR) is 101 cm³/mol. The van der Waals surface area contributed by atoms with Gasteiger partial charge in [-0.15, -0.1) is 0 Å². The van der Waals surface area contributed by atoms with Crippen LogP contribution in [0.2, 0.25) is 5.02 Å². The molecular weight excluding hydrogens is 360 g/mol. The van der Waals surface area contributed by atoms with Gasteiger partial charge < -0.3 is 10.1 Å². The molecule has 1 heterocycles. The van der Waals surface area contributed by atoms with Crippen molar-refractivity contribution in [3.05, 3.63) is 22.7 Å². The summed E-state index contributed by atoms with van der Waals surface area (Å²) in [7, 11) is -3.73. The molecule has 2 rings (SSSR count). The average Bonchev–Trinajstić information content (AvgIpc) is 2.38. The summed E-state index contributed by atoms with van der Waals surface area (Å²) in [5.41, 5.74) is 0.740. The van der Waals surface area contributed by atoms with Crippen LogP contribution in [-0.2, 0) is 10.0 Å². The van der Waals surface area contributed by atoms with Gasteiger partial charge in [-0.25, -0.2) is 13.1 Å². The maximum atomic E-state index is 13.0. The summed E-state index contributed by atoms with van der Waals surface area (Å²) in [6.07, 6.45) is 1.53. The van der Waals surface area contributed by atoms with Gasteiger partial charge in [-0.3, -0.25) is 0 Å². The van der Waals surface area contributed by atoms with E-state index in [4.69, 9.17) is 16.3 Å². The Kier molecular flexibility index (Phi) is 5.79. The molecule has 1 saturated heterocycles. The van der Waals surface area contributed by atoms with Gasteiger partial charge in [-0.2, -0.15) is 0 Å². The highest BCUT2D eigenvalue weighted by Crippen LogP contribution is 2.31. The van der Waals surface area contributed by atoms with Crippen molar-refractivity contribution in [2.24, 2.45) is 0 Å². The zero-order valence-corrected chi connectivity index (χ0v) is 17.5. The van der Waals surface area contributed by atoms with Crippen molar-refractivity contribution in [1.82, 2.24) is 4.72 Å². The van der Waals surface area contributed by atoms with E-state index in [0.29, 0.717) is 17.4 Å². The van der Waals surface area contributed by atoms with Crippen molar-refractivity contribution < 1.29 is 18.5 Å². The summed E-state index contributed by atoms with van der Waals surface area (Å²) in [6, 6.07) is 3.04. The van der Waals surface area contributed by atoms with E-state index in [1.54, 1.807) is 6.07 Å². The maximum absolute atomic E-state index is 13.0. The number of sulfonamides is 1. The minimum absolute atomic E-state index is 0.0252. The number of rotatable bonds is 5. The van der Waals surface area contributed by atoms with E-state index in [1.807, 2.05) is 13.8 Å². The second kappa shape index (κ2) is 7.06. The normalized spacial score (nSPS) is 20.4. The fourth-order valence-corrected chi connectivity index (χ4v) is 5.62. The van der Waals surface area contributed by atoms with Gasteiger partial charge in [0.2, 0.25) is 10.0 Å². The molecule has 0 radical (unpaired) electrons. The van der Waals surface area contributed by atoms with E-state index in [9.17, 15) is 8.42 Å². The van der Waals surface area contributed by atoms with Crippen molar-refractivity contribution in [3.63, 3.8) is 0 Å². The Balaban J connectivity index is 2.35. The molecule has 1 aliphatic heterocycles. The molecule has 1 aliphatic rings. The van der Waals surface area contributed by atoms with Gasteiger partial charge in [0.1, 0.15) is 10.6 Å². The lowest BCUT2D eigenvalue weighted by Crippen LogP contribution is -3.06. The Morgan fingerprint density at radius 3 is 2.32 bits per heavy atom. The fourth-order valence-electron chi connectivity index (χ4n) is 4.00.